The van der Waals surface area contributed by atoms with Gasteiger partial charge in [-0.2, -0.15) is 13.2 Å². The van der Waals surface area contributed by atoms with Crippen molar-refractivity contribution in [1.29, 1.82) is 0 Å². The van der Waals surface area contributed by atoms with Crippen molar-refractivity contribution in [1.82, 2.24) is 4.98 Å². The van der Waals surface area contributed by atoms with Crippen LogP contribution in [0, 0.1) is 6.92 Å². The highest BCUT2D eigenvalue weighted by Crippen LogP contribution is 2.29. The van der Waals surface area contributed by atoms with Gasteiger partial charge in [-0.15, -0.1) is 0 Å². The number of alkyl halides is 3. The topological polar surface area (TPSA) is 50.2 Å². The Hall–Kier alpha value is -1.95. The SMILES string of the molecule is CC1=CCCC=C(C(=O)c2ccc(C(F)(F)F)nc2C)C1O. The lowest BCUT2D eigenvalue weighted by atomic mass is 9.94. The van der Waals surface area contributed by atoms with Crippen molar-refractivity contribution in [3.05, 3.63) is 52.4 Å². The lowest BCUT2D eigenvalue weighted by Crippen LogP contribution is -2.20. The number of hydrogen-bond acceptors (Lipinski definition) is 3. The van der Waals surface area contributed by atoms with Crippen LogP contribution in [0.3, 0.4) is 0 Å². The van der Waals surface area contributed by atoms with E-state index < -0.39 is 23.8 Å². The van der Waals surface area contributed by atoms with E-state index in [1.54, 1.807) is 13.0 Å². The molecule has 22 heavy (non-hydrogen) atoms. The van der Waals surface area contributed by atoms with Crippen LogP contribution < -0.4 is 0 Å². The van der Waals surface area contributed by atoms with Gasteiger partial charge in [0.15, 0.2) is 5.78 Å². The van der Waals surface area contributed by atoms with Crippen molar-refractivity contribution in [2.75, 3.05) is 0 Å². The van der Waals surface area contributed by atoms with Crippen molar-refractivity contribution in [2.45, 2.75) is 39.0 Å². The van der Waals surface area contributed by atoms with Gasteiger partial charge in [-0.25, -0.2) is 4.98 Å². The van der Waals surface area contributed by atoms with E-state index in [0.29, 0.717) is 18.4 Å². The molecule has 6 heteroatoms. The monoisotopic (exact) mass is 311 g/mol. The van der Waals surface area contributed by atoms with Crippen molar-refractivity contribution in [3.8, 4) is 0 Å². The van der Waals surface area contributed by atoms with Crippen LogP contribution in [-0.4, -0.2) is 22.0 Å². The Bertz CT molecular complexity index is 660. The second-order valence-electron chi connectivity index (χ2n) is 5.24. The van der Waals surface area contributed by atoms with Crippen LogP contribution in [0.5, 0.6) is 0 Å². The molecule has 0 aliphatic heterocycles. The van der Waals surface area contributed by atoms with E-state index in [2.05, 4.69) is 4.98 Å². The molecule has 1 aromatic heterocycles. The van der Waals surface area contributed by atoms with Gasteiger partial charge in [-0.3, -0.25) is 4.79 Å². The number of aromatic nitrogens is 1. The molecule has 0 aromatic carbocycles. The van der Waals surface area contributed by atoms with E-state index in [-0.39, 0.29) is 16.8 Å². The van der Waals surface area contributed by atoms with Gasteiger partial charge in [0, 0.05) is 16.8 Å². The zero-order valence-electron chi connectivity index (χ0n) is 12.2. The van der Waals surface area contributed by atoms with Crippen LogP contribution in [0.15, 0.2) is 35.4 Å². The standard InChI is InChI=1S/C16H16F3NO2/c1-9-5-3-4-6-12(14(9)21)15(22)11-7-8-13(16(17,18)19)20-10(11)2/h5-8,14,21H,3-4H2,1-2H3. The number of allylic oxidation sites excluding steroid dienone is 2. The first-order chi connectivity index (χ1) is 10.2. The number of halogens is 3. The maximum Gasteiger partial charge on any atom is 0.433 e. The fourth-order valence-corrected chi connectivity index (χ4v) is 2.35. The van der Waals surface area contributed by atoms with E-state index in [9.17, 15) is 23.1 Å². The van der Waals surface area contributed by atoms with E-state index in [1.165, 1.54) is 6.92 Å². The summed E-state index contributed by atoms with van der Waals surface area (Å²) in [7, 11) is 0. The van der Waals surface area contributed by atoms with Crippen LogP contribution in [0.4, 0.5) is 13.2 Å². The van der Waals surface area contributed by atoms with Gasteiger partial charge >= 0.3 is 6.18 Å². The summed E-state index contributed by atoms with van der Waals surface area (Å²) < 4.78 is 37.8. The predicted octanol–water partition coefficient (Wildman–Crippen LogP) is 3.62. The van der Waals surface area contributed by atoms with E-state index in [4.69, 9.17) is 0 Å². The number of aliphatic hydroxyl groups excluding tert-OH is 1. The van der Waals surface area contributed by atoms with Gasteiger partial charge in [0.25, 0.3) is 0 Å². The van der Waals surface area contributed by atoms with Crippen molar-refractivity contribution >= 4 is 5.78 Å². The van der Waals surface area contributed by atoms with E-state index in [0.717, 1.165) is 12.1 Å². The minimum atomic E-state index is -4.55. The van der Waals surface area contributed by atoms with Crippen molar-refractivity contribution < 1.29 is 23.1 Å². The van der Waals surface area contributed by atoms with E-state index >= 15 is 0 Å². The maximum atomic E-state index is 12.6. The summed E-state index contributed by atoms with van der Waals surface area (Å²) in [6.07, 6.45) is -0.785. The molecule has 0 bridgehead atoms. The molecule has 0 radical (unpaired) electrons. The lowest BCUT2D eigenvalue weighted by molar-refractivity contribution is -0.141. The molecule has 0 fully saturated rings. The summed E-state index contributed by atoms with van der Waals surface area (Å²) in [5.74, 6) is -0.485. The molecular formula is C16H16F3NO2. The number of nitrogens with zero attached hydrogens (tertiary/aromatic N) is 1. The molecule has 1 aromatic rings. The van der Waals surface area contributed by atoms with Crippen LogP contribution in [0.25, 0.3) is 0 Å². The molecule has 3 nitrogen and oxygen atoms in total. The number of hydrogen-bond donors (Lipinski definition) is 1. The summed E-state index contributed by atoms with van der Waals surface area (Å²) >= 11 is 0. The third-order valence-electron chi connectivity index (χ3n) is 3.61. The molecule has 0 amide bonds. The normalized spacial score (nSPS) is 19.3. The van der Waals surface area contributed by atoms with Gasteiger partial charge in [0.05, 0.1) is 0 Å². The third kappa shape index (κ3) is 3.27. The molecule has 1 aliphatic carbocycles. The van der Waals surface area contributed by atoms with Gasteiger partial charge in [-0.1, -0.05) is 12.2 Å². The number of carbonyl (C=O) groups is 1. The number of pyridine rings is 1. The Morgan fingerprint density at radius 1 is 1.23 bits per heavy atom. The second kappa shape index (κ2) is 6.04. The highest BCUT2D eigenvalue weighted by molar-refractivity contribution is 6.10. The Labute approximate surface area is 126 Å². The minimum absolute atomic E-state index is 0.00111. The molecule has 1 N–H and O–H groups in total. The lowest BCUT2D eigenvalue weighted by Gasteiger charge is -2.15. The Morgan fingerprint density at radius 3 is 2.45 bits per heavy atom. The predicted molar refractivity (Wildman–Crippen MR) is 75.4 cm³/mol. The smallest absolute Gasteiger partial charge is 0.384 e. The fraction of sp³-hybridized carbons (Fsp3) is 0.375. The quantitative estimate of drug-likeness (QED) is 0.670. The molecule has 0 saturated heterocycles. The Balaban J connectivity index is 2.38. The second-order valence-corrected chi connectivity index (χ2v) is 5.24. The first-order valence-electron chi connectivity index (χ1n) is 6.86. The number of Topliss-reactive ketones (excluding diaryl/α,β-unsaturated/α-hetero) is 1. The zero-order chi connectivity index (χ0) is 16.5. The molecule has 1 atom stereocenters. The van der Waals surface area contributed by atoms with Gasteiger partial charge in [-0.05, 0) is 44.4 Å². The van der Waals surface area contributed by atoms with Crippen LogP contribution >= 0.6 is 0 Å². The average molecular weight is 311 g/mol. The molecule has 1 unspecified atom stereocenters. The summed E-state index contributed by atoms with van der Waals surface area (Å²) in [4.78, 5) is 16.0. The van der Waals surface area contributed by atoms with Gasteiger partial charge in [0.2, 0.25) is 0 Å². The molecule has 0 spiro atoms. The van der Waals surface area contributed by atoms with E-state index in [1.807, 2.05) is 6.08 Å². The highest BCUT2D eigenvalue weighted by atomic mass is 19.4. The average Bonchev–Trinajstić information content (AvgIpc) is 2.60. The number of aryl methyl sites for hydroxylation is 1. The number of carbonyl (C=O) groups excluding carboxylic acids is 1. The highest BCUT2D eigenvalue weighted by Gasteiger charge is 2.33. The minimum Gasteiger partial charge on any atom is -0.384 e. The van der Waals surface area contributed by atoms with Gasteiger partial charge in [0.1, 0.15) is 11.8 Å². The summed E-state index contributed by atoms with van der Waals surface area (Å²) in [6, 6.07) is 1.90. The van der Waals surface area contributed by atoms with Crippen LogP contribution in [0.1, 0.15) is 41.5 Å². The maximum absolute atomic E-state index is 12.6. The molecule has 1 aliphatic rings. The van der Waals surface area contributed by atoms with Crippen molar-refractivity contribution in [3.63, 3.8) is 0 Å². The summed E-state index contributed by atoms with van der Waals surface area (Å²) in [6.45, 7) is 3.07. The molecular weight excluding hydrogens is 295 g/mol. The number of rotatable bonds is 2. The number of aliphatic hydroxyl groups is 1. The fourth-order valence-electron chi connectivity index (χ4n) is 2.35. The first kappa shape index (κ1) is 16.4. The first-order valence-corrected chi connectivity index (χ1v) is 6.86. The van der Waals surface area contributed by atoms with Gasteiger partial charge < -0.3 is 5.11 Å². The summed E-state index contributed by atoms with van der Waals surface area (Å²) in [5.41, 5.74) is -0.106. The third-order valence-corrected chi connectivity index (χ3v) is 3.61. The molecule has 0 saturated carbocycles. The molecule has 118 valence electrons. The van der Waals surface area contributed by atoms with Crippen molar-refractivity contribution in [2.24, 2.45) is 0 Å². The summed E-state index contributed by atoms with van der Waals surface area (Å²) in [5, 5.41) is 10.2. The molecule has 2 rings (SSSR count). The van der Waals surface area contributed by atoms with Crippen LogP contribution in [-0.2, 0) is 6.18 Å². The Morgan fingerprint density at radius 2 is 1.86 bits per heavy atom. The largest absolute Gasteiger partial charge is 0.433 e. The molecule has 1 heterocycles. The number of ketones is 1. The zero-order valence-corrected chi connectivity index (χ0v) is 12.2. The Kier molecular flexibility index (Phi) is 4.51. The van der Waals surface area contributed by atoms with Crippen LogP contribution in [0.2, 0.25) is 0 Å².